The number of aliphatic hydroxyl groups is 1. The maximum atomic E-state index is 12.6. The van der Waals surface area contributed by atoms with Crippen molar-refractivity contribution in [1.29, 1.82) is 0 Å². The van der Waals surface area contributed by atoms with E-state index in [2.05, 4.69) is 10.4 Å². The predicted octanol–water partition coefficient (Wildman–Crippen LogP) is 4.65. The third-order valence-corrected chi connectivity index (χ3v) is 5.13. The van der Waals surface area contributed by atoms with E-state index in [1.165, 1.54) is 10.9 Å². The van der Waals surface area contributed by atoms with Crippen LogP contribution in [0.4, 0.5) is 5.69 Å². The molecule has 1 heterocycles. The first-order valence-corrected chi connectivity index (χ1v) is 9.21. The largest absolute Gasteiger partial charge is 0.394 e. The molecular formula is C19H16Cl3N3O2. The van der Waals surface area contributed by atoms with Gasteiger partial charge in [0.1, 0.15) is 5.02 Å². The SMILES string of the molecule is Cc1ccc(-n2ncc(NC(CO)c3ccc(Cl)cc3)c(Cl)c2=O)cc1Cl. The maximum Gasteiger partial charge on any atom is 0.292 e. The molecule has 1 aromatic heterocycles. The summed E-state index contributed by atoms with van der Waals surface area (Å²) in [5.74, 6) is 0. The molecule has 0 aliphatic rings. The van der Waals surface area contributed by atoms with Gasteiger partial charge >= 0.3 is 0 Å². The lowest BCUT2D eigenvalue weighted by molar-refractivity contribution is 0.276. The number of aliphatic hydroxyl groups excluding tert-OH is 1. The fourth-order valence-electron chi connectivity index (χ4n) is 2.55. The highest BCUT2D eigenvalue weighted by molar-refractivity contribution is 6.33. The first-order valence-electron chi connectivity index (χ1n) is 8.08. The first-order chi connectivity index (χ1) is 12.9. The summed E-state index contributed by atoms with van der Waals surface area (Å²) < 4.78 is 1.18. The summed E-state index contributed by atoms with van der Waals surface area (Å²) in [6.45, 7) is 1.67. The Morgan fingerprint density at radius 3 is 2.48 bits per heavy atom. The van der Waals surface area contributed by atoms with Crippen LogP contribution in [0.15, 0.2) is 53.5 Å². The average Bonchev–Trinajstić information content (AvgIpc) is 2.66. The van der Waals surface area contributed by atoms with E-state index in [1.54, 1.807) is 42.5 Å². The Kier molecular flexibility index (Phi) is 6.07. The van der Waals surface area contributed by atoms with Crippen LogP contribution in [0.1, 0.15) is 17.2 Å². The highest BCUT2D eigenvalue weighted by Crippen LogP contribution is 2.25. The fraction of sp³-hybridized carbons (Fsp3) is 0.158. The van der Waals surface area contributed by atoms with Crippen molar-refractivity contribution < 1.29 is 5.11 Å². The van der Waals surface area contributed by atoms with E-state index in [9.17, 15) is 9.90 Å². The molecule has 0 saturated heterocycles. The van der Waals surface area contributed by atoms with Crippen LogP contribution in [-0.4, -0.2) is 21.5 Å². The van der Waals surface area contributed by atoms with Gasteiger partial charge in [0.05, 0.1) is 30.2 Å². The maximum absolute atomic E-state index is 12.6. The molecule has 0 amide bonds. The summed E-state index contributed by atoms with van der Waals surface area (Å²) in [7, 11) is 0. The van der Waals surface area contributed by atoms with Crippen molar-refractivity contribution in [1.82, 2.24) is 9.78 Å². The molecule has 0 spiro atoms. The lowest BCUT2D eigenvalue weighted by Gasteiger charge is -2.19. The number of halogens is 3. The van der Waals surface area contributed by atoms with Crippen molar-refractivity contribution in [2.75, 3.05) is 11.9 Å². The zero-order valence-electron chi connectivity index (χ0n) is 14.3. The molecule has 140 valence electrons. The Hall–Kier alpha value is -2.05. The zero-order valence-corrected chi connectivity index (χ0v) is 16.6. The van der Waals surface area contributed by atoms with Gasteiger partial charge in [-0.15, -0.1) is 0 Å². The standard InChI is InChI=1S/C19H16Cl3N3O2/c1-11-2-7-14(8-15(11)21)25-19(27)18(22)16(9-23-25)24-17(10-26)12-3-5-13(20)6-4-12/h2-9,17,24,26H,10H2,1H3. The summed E-state index contributed by atoms with van der Waals surface area (Å²) >= 11 is 18.3. The lowest BCUT2D eigenvalue weighted by Crippen LogP contribution is -2.24. The first kappa shape index (κ1) is 19.7. The minimum Gasteiger partial charge on any atom is -0.394 e. The lowest BCUT2D eigenvalue weighted by atomic mass is 10.1. The second kappa shape index (κ2) is 8.31. The van der Waals surface area contributed by atoms with E-state index in [1.807, 2.05) is 6.92 Å². The Morgan fingerprint density at radius 2 is 1.85 bits per heavy atom. The van der Waals surface area contributed by atoms with Crippen LogP contribution in [0.25, 0.3) is 5.69 Å². The summed E-state index contributed by atoms with van der Waals surface area (Å²) in [6.07, 6.45) is 1.44. The number of rotatable bonds is 5. The Bertz CT molecular complexity index is 1020. The minimum absolute atomic E-state index is 0.0332. The number of aromatic nitrogens is 2. The van der Waals surface area contributed by atoms with Crippen LogP contribution in [0.3, 0.4) is 0 Å². The van der Waals surface area contributed by atoms with Gasteiger partial charge < -0.3 is 10.4 Å². The summed E-state index contributed by atoms with van der Waals surface area (Å²) in [4.78, 5) is 12.6. The van der Waals surface area contributed by atoms with E-state index in [-0.39, 0.29) is 11.6 Å². The van der Waals surface area contributed by atoms with Gasteiger partial charge in [0, 0.05) is 10.0 Å². The van der Waals surface area contributed by atoms with Crippen molar-refractivity contribution in [2.24, 2.45) is 0 Å². The Labute approximate surface area is 171 Å². The van der Waals surface area contributed by atoms with Crippen LogP contribution < -0.4 is 10.9 Å². The van der Waals surface area contributed by atoms with Crippen molar-refractivity contribution in [2.45, 2.75) is 13.0 Å². The van der Waals surface area contributed by atoms with E-state index in [0.29, 0.717) is 21.4 Å². The summed E-state index contributed by atoms with van der Waals surface area (Å²) in [6, 6.07) is 11.7. The van der Waals surface area contributed by atoms with Gasteiger partial charge in [-0.25, -0.2) is 0 Å². The molecule has 3 aromatic rings. The number of nitrogens with one attached hydrogen (secondary N) is 1. The molecular weight excluding hydrogens is 409 g/mol. The Morgan fingerprint density at radius 1 is 1.15 bits per heavy atom. The topological polar surface area (TPSA) is 67.2 Å². The zero-order chi connectivity index (χ0) is 19.6. The van der Waals surface area contributed by atoms with Gasteiger partial charge in [0.15, 0.2) is 0 Å². The predicted molar refractivity (Wildman–Crippen MR) is 109 cm³/mol. The van der Waals surface area contributed by atoms with Gasteiger partial charge in [0.25, 0.3) is 5.56 Å². The van der Waals surface area contributed by atoms with Crippen LogP contribution >= 0.6 is 34.8 Å². The third kappa shape index (κ3) is 4.28. The molecule has 2 N–H and O–H groups in total. The average molecular weight is 425 g/mol. The molecule has 0 aliphatic heterocycles. The molecule has 8 heteroatoms. The third-order valence-electron chi connectivity index (χ3n) is 4.10. The van der Waals surface area contributed by atoms with Gasteiger partial charge in [-0.1, -0.05) is 53.0 Å². The molecule has 5 nitrogen and oxygen atoms in total. The van der Waals surface area contributed by atoms with Crippen molar-refractivity contribution in [3.8, 4) is 5.69 Å². The second-order valence-electron chi connectivity index (χ2n) is 5.95. The molecule has 0 saturated carbocycles. The molecule has 1 atom stereocenters. The summed E-state index contributed by atoms with van der Waals surface area (Å²) in [5.41, 5.74) is 2.04. The monoisotopic (exact) mass is 423 g/mol. The van der Waals surface area contributed by atoms with Crippen LogP contribution in [-0.2, 0) is 0 Å². The van der Waals surface area contributed by atoms with Crippen molar-refractivity contribution in [3.05, 3.63) is 85.2 Å². The Balaban J connectivity index is 1.93. The van der Waals surface area contributed by atoms with Gasteiger partial charge in [0.2, 0.25) is 0 Å². The summed E-state index contributed by atoms with van der Waals surface area (Å²) in [5, 5.41) is 18.0. The van der Waals surface area contributed by atoms with E-state index in [0.717, 1.165) is 11.1 Å². The van der Waals surface area contributed by atoms with Gasteiger partial charge in [-0.3, -0.25) is 4.79 Å². The molecule has 0 aliphatic carbocycles. The number of benzene rings is 2. The molecule has 0 fully saturated rings. The highest BCUT2D eigenvalue weighted by Gasteiger charge is 2.16. The molecule has 3 rings (SSSR count). The van der Waals surface area contributed by atoms with Crippen LogP contribution in [0.2, 0.25) is 15.1 Å². The normalized spacial score (nSPS) is 12.0. The fourth-order valence-corrected chi connectivity index (χ4v) is 3.03. The molecule has 1 unspecified atom stereocenters. The number of aryl methyl sites for hydroxylation is 1. The number of nitrogens with zero attached hydrogens (tertiary/aromatic N) is 2. The smallest absolute Gasteiger partial charge is 0.292 e. The van der Waals surface area contributed by atoms with Crippen LogP contribution in [0.5, 0.6) is 0 Å². The number of anilines is 1. The number of hydrogen-bond acceptors (Lipinski definition) is 4. The van der Waals surface area contributed by atoms with E-state index >= 15 is 0 Å². The molecule has 0 bridgehead atoms. The van der Waals surface area contributed by atoms with E-state index < -0.39 is 11.6 Å². The number of hydrogen-bond donors (Lipinski definition) is 2. The minimum atomic E-state index is -0.491. The van der Waals surface area contributed by atoms with Crippen LogP contribution in [0, 0.1) is 6.92 Å². The van der Waals surface area contributed by atoms with Gasteiger partial charge in [-0.05, 0) is 42.3 Å². The second-order valence-corrected chi connectivity index (χ2v) is 7.18. The van der Waals surface area contributed by atoms with Crippen molar-refractivity contribution in [3.63, 3.8) is 0 Å². The molecule has 2 aromatic carbocycles. The highest BCUT2D eigenvalue weighted by atomic mass is 35.5. The van der Waals surface area contributed by atoms with Gasteiger partial charge in [-0.2, -0.15) is 9.78 Å². The van der Waals surface area contributed by atoms with E-state index in [4.69, 9.17) is 34.8 Å². The van der Waals surface area contributed by atoms with Crippen molar-refractivity contribution >= 4 is 40.5 Å². The molecule has 27 heavy (non-hydrogen) atoms. The molecule has 0 radical (unpaired) electrons. The quantitative estimate of drug-likeness (QED) is 0.626.